The highest BCUT2D eigenvalue weighted by molar-refractivity contribution is 5.98. The zero-order valence-corrected chi connectivity index (χ0v) is 15.3. The van der Waals surface area contributed by atoms with Crippen LogP contribution in [0.5, 0.6) is 0 Å². The molecule has 4 rings (SSSR count). The Morgan fingerprint density at radius 1 is 1.11 bits per heavy atom. The Morgan fingerprint density at radius 3 is 2.67 bits per heavy atom. The van der Waals surface area contributed by atoms with E-state index in [1.807, 2.05) is 68.6 Å². The van der Waals surface area contributed by atoms with Gasteiger partial charge < -0.3 is 14.7 Å². The number of carbonyl (C=O) groups excluding carboxylic acids is 1. The van der Waals surface area contributed by atoms with Crippen LogP contribution in [-0.2, 0) is 6.42 Å². The van der Waals surface area contributed by atoms with E-state index in [0.29, 0.717) is 17.9 Å². The second-order valence-corrected chi connectivity index (χ2v) is 7.27. The number of amides is 1. The van der Waals surface area contributed by atoms with Crippen molar-refractivity contribution in [1.29, 1.82) is 0 Å². The third-order valence-corrected chi connectivity index (χ3v) is 4.58. The molecule has 0 aliphatic heterocycles. The number of nitrogens with one attached hydrogen (secondary N) is 2. The molecule has 2 heterocycles. The third kappa shape index (κ3) is 3.49. The van der Waals surface area contributed by atoms with Crippen molar-refractivity contribution < 1.29 is 9.21 Å². The molecule has 27 heavy (non-hydrogen) atoms. The SMILES string of the molecule is CC(C)(Cc1c[nH]c2ccccc12)NC(=O)c1ncoc1-c1ccccc1. The van der Waals surface area contributed by atoms with Crippen molar-refractivity contribution in [1.82, 2.24) is 15.3 Å². The number of H-pyrrole nitrogens is 1. The fraction of sp³-hybridized carbons (Fsp3) is 0.182. The molecule has 5 nitrogen and oxygen atoms in total. The molecular formula is C22H21N3O2. The first-order chi connectivity index (χ1) is 13.0. The summed E-state index contributed by atoms with van der Waals surface area (Å²) >= 11 is 0. The van der Waals surface area contributed by atoms with Crippen molar-refractivity contribution in [2.75, 3.05) is 0 Å². The molecule has 0 saturated heterocycles. The van der Waals surface area contributed by atoms with Crippen LogP contribution >= 0.6 is 0 Å². The predicted molar refractivity (Wildman–Crippen MR) is 105 cm³/mol. The van der Waals surface area contributed by atoms with E-state index < -0.39 is 5.54 Å². The van der Waals surface area contributed by atoms with E-state index in [0.717, 1.165) is 11.1 Å². The van der Waals surface area contributed by atoms with Gasteiger partial charge in [-0.05, 0) is 31.9 Å². The fourth-order valence-corrected chi connectivity index (χ4v) is 3.37. The van der Waals surface area contributed by atoms with Gasteiger partial charge in [-0.1, -0.05) is 48.5 Å². The number of benzene rings is 2. The second-order valence-electron chi connectivity index (χ2n) is 7.27. The van der Waals surface area contributed by atoms with Crippen LogP contribution in [0, 0.1) is 0 Å². The first-order valence-electron chi connectivity index (χ1n) is 8.90. The fourth-order valence-electron chi connectivity index (χ4n) is 3.37. The maximum atomic E-state index is 12.9. The molecule has 0 unspecified atom stereocenters. The molecule has 0 bridgehead atoms. The number of hydrogen-bond donors (Lipinski definition) is 2. The molecule has 0 spiro atoms. The van der Waals surface area contributed by atoms with Gasteiger partial charge in [-0.2, -0.15) is 0 Å². The summed E-state index contributed by atoms with van der Waals surface area (Å²) in [6.07, 6.45) is 4.01. The molecule has 2 aromatic heterocycles. The minimum Gasteiger partial charge on any atom is -0.443 e. The Kier molecular flexibility index (Phi) is 4.28. The molecule has 0 atom stereocenters. The summed E-state index contributed by atoms with van der Waals surface area (Å²) < 4.78 is 5.47. The lowest BCUT2D eigenvalue weighted by Gasteiger charge is -2.26. The van der Waals surface area contributed by atoms with E-state index in [4.69, 9.17) is 4.42 Å². The number of rotatable bonds is 5. The number of nitrogens with zero attached hydrogens (tertiary/aromatic N) is 1. The Bertz CT molecular complexity index is 1080. The largest absolute Gasteiger partial charge is 0.443 e. The Labute approximate surface area is 157 Å². The van der Waals surface area contributed by atoms with E-state index >= 15 is 0 Å². The van der Waals surface area contributed by atoms with Crippen molar-refractivity contribution in [3.8, 4) is 11.3 Å². The summed E-state index contributed by atoms with van der Waals surface area (Å²) in [6, 6.07) is 17.7. The van der Waals surface area contributed by atoms with E-state index in [1.54, 1.807) is 0 Å². The van der Waals surface area contributed by atoms with Crippen molar-refractivity contribution in [2.24, 2.45) is 0 Å². The average Bonchev–Trinajstić information content (AvgIpc) is 3.30. The standard InChI is InChI=1S/C22H21N3O2/c1-22(2,12-16-13-23-18-11-7-6-10-17(16)18)25-21(26)19-20(27-14-24-19)15-8-4-3-5-9-15/h3-11,13-14,23H,12H2,1-2H3,(H,25,26). The van der Waals surface area contributed by atoms with E-state index in [2.05, 4.69) is 21.4 Å². The zero-order chi connectivity index (χ0) is 18.9. The number of aromatic amines is 1. The van der Waals surface area contributed by atoms with Crippen LogP contribution in [0.3, 0.4) is 0 Å². The minimum absolute atomic E-state index is 0.243. The van der Waals surface area contributed by atoms with Gasteiger partial charge in [0, 0.05) is 28.2 Å². The normalized spacial score (nSPS) is 11.6. The molecule has 2 aromatic carbocycles. The topological polar surface area (TPSA) is 70.9 Å². The van der Waals surface area contributed by atoms with Crippen LogP contribution in [0.25, 0.3) is 22.2 Å². The third-order valence-electron chi connectivity index (χ3n) is 4.58. The molecule has 0 aliphatic rings. The second kappa shape index (κ2) is 6.76. The molecular weight excluding hydrogens is 338 g/mol. The highest BCUT2D eigenvalue weighted by Gasteiger charge is 2.26. The quantitative estimate of drug-likeness (QED) is 0.548. The van der Waals surface area contributed by atoms with Crippen LogP contribution in [0.2, 0.25) is 0 Å². The van der Waals surface area contributed by atoms with Crippen molar-refractivity contribution >= 4 is 16.8 Å². The zero-order valence-electron chi connectivity index (χ0n) is 15.3. The molecule has 0 fully saturated rings. The smallest absolute Gasteiger partial charge is 0.274 e. The first kappa shape index (κ1) is 17.1. The molecule has 0 saturated carbocycles. The lowest BCUT2D eigenvalue weighted by Crippen LogP contribution is -2.45. The van der Waals surface area contributed by atoms with Crippen molar-refractivity contribution in [2.45, 2.75) is 25.8 Å². The molecule has 4 aromatic rings. The summed E-state index contributed by atoms with van der Waals surface area (Å²) in [4.78, 5) is 20.3. The Hall–Kier alpha value is -3.34. The molecule has 2 N–H and O–H groups in total. The lowest BCUT2D eigenvalue weighted by atomic mass is 9.94. The van der Waals surface area contributed by atoms with Crippen molar-refractivity contribution in [3.63, 3.8) is 0 Å². The average molecular weight is 359 g/mol. The minimum atomic E-state index is -0.449. The van der Waals surface area contributed by atoms with E-state index in [-0.39, 0.29) is 5.91 Å². The van der Waals surface area contributed by atoms with Gasteiger partial charge in [0.15, 0.2) is 17.8 Å². The molecule has 136 valence electrons. The summed E-state index contributed by atoms with van der Waals surface area (Å²) in [5.41, 5.74) is 2.94. The Balaban J connectivity index is 1.55. The van der Waals surface area contributed by atoms with E-state index in [9.17, 15) is 4.79 Å². The number of para-hydroxylation sites is 1. The van der Waals surface area contributed by atoms with Crippen LogP contribution in [0.1, 0.15) is 29.9 Å². The summed E-state index contributed by atoms with van der Waals surface area (Å²) in [7, 11) is 0. The number of hydrogen-bond acceptors (Lipinski definition) is 3. The molecule has 5 heteroatoms. The highest BCUT2D eigenvalue weighted by atomic mass is 16.3. The maximum absolute atomic E-state index is 12.9. The van der Waals surface area contributed by atoms with Crippen LogP contribution in [0.15, 0.2) is 71.6 Å². The lowest BCUT2D eigenvalue weighted by molar-refractivity contribution is 0.0909. The van der Waals surface area contributed by atoms with Gasteiger partial charge in [-0.25, -0.2) is 4.98 Å². The van der Waals surface area contributed by atoms with Crippen LogP contribution in [0.4, 0.5) is 0 Å². The monoisotopic (exact) mass is 359 g/mol. The number of fused-ring (bicyclic) bond motifs is 1. The number of aromatic nitrogens is 2. The van der Waals surface area contributed by atoms with Crippen LogP contribution in [-0.4, -0.2) is 21.4 Å². The molecule has 1 amide bonds. The maximum Gasteiger partial charge on any atom is 0.274 e. The number of carbonyl (C=O) groups is 1. The van der Waals surface area contributed by atoms with Crippen molar-refractivity contribution in [3.05, 3.63) is 78.4 Å². The number of oxazole rings is 1. The van der Waals surface area contributed by atoms with Gasteiger partial charge in [0.1, 0.15) is 0 Å². The highest BCUT2D eigenvalue weighted by Crippen LogP contribution is 2.25. The summed E-state index contributed by atoms with van der Waals surface area (Å²) in [5, 5.41) is 4.27. The van der Waals surface area contributed by atoms with Crippen LogP contribution < -0.4 is 5.32 Å². The Morgan fingerprint density at radius 2 is 1.85 bits per heavy atom. The van der Waals surface area contributed by atoms with Gasteiger partial charge in [0.2, 0.25) is 0 Å². The predicted octanol–water partition coefficient (Wildman–Crippen LogP) is 4.57. The van der Waals surface area contributed by atoms with Gasteiger partial charge in [0.05, 0.1) is 0 Å². The van der Waals surface area contributed by atoms with Gasteiger partial charge in [-0.3, -0.25) is 4.79 Å². The molecule has 0 aliphatic carbocycles. The van der Waals surface area contributed by atoms with Gasteiger partial charge in [-0.15, -0.1) is 0 Å². The van der Waals surface area contributed by atoms with Gasteiger partial charge in [0.25, 0.3) is 5.91 Å². The van der Waals surface area contributed by atoms with E-state index in [1.165, 1.54) is 17.3 Å². The van der Waals surface area contributed by atoms with Gasteiger partial charge >= 0.3 is 0 Å². The molecule has 0 radical (unpaired) electrons. The first-order valence-corrected chi connectivity index (χ1v) is 8.90. The summed E-state index contributed by atoms with van der Waals surface area (Å²) in [5.74, 6) is 0.239. The summed E-state index contributed by atoms with van der Waals surface area (Å²) in [6.45, 7) is 4.02.